The molecule has 0 saturated heterocycles. The molecule has 0 aromatic heterocycles. The average molecular weight is 349 g/mol. The number of benzene rings is 2. The lowest BCUT2D eigenvalue weighted by Crippen LogP contribution is -2.06. The SMILES string of the molecule is COc1cc(C)c(C(C)Cc2ccc(F)c(C(C)C)c2Cl)c(C)c1. The second kappa shape index (κ2) is 7.57. The molecular formula is C21H26ClFO. The third kappa shape index (κ3) is 3.75. The van der Waals surface area contributed by atoms with Crippen molar-refractivity contribution in [3.63, 3.8) is 0 Å². The molecule has 2 aromatic carbocycles. The van der Waals surface area contributed by atoms with Crippen LogP contribution in [-0.4, -0.2) is 7.11 Å². The molecule has 0 N–H and O–H groups in total. The highest BCUT2D eigenvalue weighted by molar-refractivity contribution is 6.32. The highest BCUT2D eigenvalue weighted by Gasteiger charge is 2.19. The predicted octanol–water partition coefficient (Wildman–Crippen LogP) is 6.57. The van der Waals surface area contributed by atoms with E-state index in [0.717, 1.165) is 17.7 Å². The van der Waals surface area contributed by atoms with Gasteiger partial charge in [-0.15, -0.1) is 0 Å². The maximum Gasteiger partial charge on any atom is 0.128 e. The predicted molar refractivity (Wildman–Crippen MR) is 100 cm³/mol. The van der Waals surface area contributed by atoms with Gasteiger partial charge in [0.1, 0.15) is 11.6 Å². The van der Waals surface area contributed by atoms with Gasteiger partial charge in [0.05, 0.1) is 12.1 Å². The van der Waals surface area contributed by atoms with Crippen LogP contribution in [0.4, 0.5) is 4.39 Å². The Morgan fingerprint density at radius 2 is 1.62 bits per heavy atom. The van der Waals surface area contributed by atoms with Crippen molar-refractivity contribution in [3.8, 4) is 5.75 Å². The fourth-order valence-electron chi connectivity index (χ4n) is 3.56. The van der Waals surface area contributed by atoms with E-state index in [1.54, 1.807) is 7.11 Å². The van der Waals surface area contributed by atoms with Crippen molar-refractivity contribution >= 4 is 11.6 Å². The lowest BCUT2D eigenvalue weighted by molar-refractivity contribution is 0.414. The first kappa shape index (κ1) is 18.8. The minimum Gasteiger partial charge on any atom is -0.497 e. The molecule has 0 spiro atoms. The van der Waals surface area contributed by atoms with Gasteiger partial charge in [-0.1, -0.05) is 38.4 Å². The summed E-state index contributed by atoms with van der Waals surface area (Å²) >= 11 is 6.51. The summed E-state index contributed by atoms with van der Waals surface area (Å²) in [6, 6.07) is 7.47. The normalized spacial score (nSPS) is 12.5. The van der Waals surface area contributed by atoms with Crippen LogP contribution in [0.5, 0.6) is 5.75 Å². The highest BCUT2D eigenvalue weighted by atomic mass is 35.5. The van der Waals surface area contributed by atoms with E-state index < -0.39 is 0 Å². The molecule has 3 heteroatoms. The summed E-state index contributed by atoms with van der Waals surface area (Å²) in [5.74, 6) is 1.02. The summed E-state index contributed by atoms with van der Waals surface area (Å²) in [4.78, 5) is 0. The number of ether oxygens (including phenoxy) is 1. The molecule has 0 aliphatic carbocycles. The molecule has 0 heterocycles. The smallest absolute Gasteiger partial charge is 0.128 e. The monoisotopic (exact) mass is 348 g/mol. The Morgan fingerprint density at radius 3 is 2.12 bits per heavy atom. The van der Waals surface area contributed by atoms with E-state index in [1.165, 1.54) is 22.8 Å². The maximum absolute atomic E-state index is 14.1. The van der Waals surface area contributed by atoms with Crippen molar-refractivity contribution in [1.29, 1.82) is 0 Å². The number of halogens is 2. The van der Waals surface area contributed by atoms with Crippen molar-refractivity contribution in [2.75, 3.05) is 7.11 Å². The summed E-state index contributed by atoms with van der Waals surface area (Å²) in [5.41, 5.74) is 5.35. The van der Waals surface area contributed by atoms with Crippen molar-refractivity contribution in [2.24, 2.45) is 0 Å². The molecule has 0 amide bonds. The molecule has 1 atom stereocenters. The Bertz CT molecular complexity index is 714. The standard InChI is InChI=1S/C21H26ClFO/c1-12(2)19-18(23)8-7-16(21(19)22)9-13(3)20-14(4)10-17(24-6)11-15(20)5/h7-8,10-13H,9H2,1-6H3. The zero-order chi connectivity index (χ0) is 18.0. The van der Waals surface area contributed by atoms with Gasteiger partial charge in [-0.3, -0.25) is 0 Å². The van der Waals surface area contributed by atoms with Crippen LogP contribution in [0.3, 0.4) is 0 Å². The van der Waals surface area contributed by atoms with Crippen molar-refractivity contribution in [1.82, 2.24) is 0 Å². The Balaban J connectivity index is 2.38. The van der Waals surface area contributed by atoms with Crippen LogP contribution in [0.25, 0.3) is 0 Å². The lowest BCUT2D eigenvalue weighted by atomic mass is 9.86. The molecule has 0 saturated carbocycles. The quantitative estimate of drug-likeness (QED) is 0.593. The van der Waals surface area contributed by atoms with Gasteiger partial charge in [0.25, 0.3) is 0 Å². The Hall–Kier alpha value is -1.54. The summed E-state index contributed by atoms with van der Waals surface area (Å²) in [6.07, 6.45) is 0.785. The fraction of sp³-hybridized carbons (Fsp3) is 0.429. The first-order valence-electron chi connectivity index (χ1n) is 8.38. The van der Waals surface area contributed by atoms with Gasteiger partial charge >= 0.3 is 0 Å². The van der Waals surface area contributed by atoms with Crippen molar-refractivity contribution in [3.05, 3.63) is 62.9 Å². The van der Waals surface area contributed by atoms with Crippen LogP contribution in [0.2, 0.25) is 5.02 Å². The molecule has 0 aliphatic heterocycles. The van der Waals surface area contributed by atoms with E-state index in [4.69, 9.17) is 16.3 Å². The molecule has 1 unspecified atom stereocenters. The molecule has 0 aliphatic rings. The minimum absolute atomic E-state index is 0.0669. The zero-order valence-electron chi connectivity index (χ0n) is 15.3. The third-order valence-corrected chi connectivity index (χ3v) is 5.05. The van der Waals surface area contributed by atoms with E-state index >= 15 is 0 Å². The number of hydrogen-bond acceptors (Lipinski definition) is 1. The first-order valence-corrected chi connectivity index (χ1v) is 8.75. The van der Waals surface area contributed by atoms with Crippen LogP contribution < -0.4 is 4.74 Å². The second-order valence-electron chi connectivity index (χ2n) is 6.87. The van der Waals surface area contributed by atoms with E-state index in [9.17, 15) is 4.39 Å². The molecule has 2 aromatic rings. The van der Waals surface area contributed by atoms with Crippen LogP contribution >= 0.6 is 11.6 Å². The topological polar surface area (TPSA) is 9.23 Å². The van der Waals surface area contributed by atoms with Crippen molar-refractivity contribution < 1.29 is 9.13 Å². The van der Waals surface area contributed by atoms with Crippen LogP contribution in [0.15, 0.2) is 24.3 Å². The van der Waals surface area contributed by atoms with Gasteiger partial charge in [-0.05, 0) is 72.6 Å². The maximum atomic E-state index is 14.1. The number of rotatable bonds is 5. The van der Waals surface area contributed by atoms with Gasteiger partial charge in [0, 0.05) is 5.56 Å². The van der Waals surface area contributed by atoms with Gasteiger partial charge in [-0.25, -0.2) is 4.39 Å². The summed E-state index contributed by atoms with van der Waals surface area (Å²) < 4.78 is 19.4. The molecule has 0 bridgehead atoms. The number of methoxy groups -OCH3 is 1. The van der Waals surface area contributed by atoms with Gasteiger partial charge in [0.2, 0.25) is 0 Å². The third-order valence-electron chi connectivity index (χ3n) is 4.61. The van der Waals surface area contributed by atoms with E-state index in [-0.39, 0.29) is 11.7 Å². The van der Waals surface area contributed by atoms with Gasteiger partial charge in [-0.2, -0.15) is 0 Å². The molecule has 1 nitrogen and oxygen atoms in total. The largest absolute Gasteiger partial charge is 0.497 e. The highest BCUT2D eigenvalue weighted by Crippen LogP contribution is 2.35. The fourth-order valence-corrected chi connectivity index (χ4v) is 4.01. The average Bonchev–Trinajstić information content (AvgIpc) is 2.49. The molecule has 0 radical (unpaired) electrons. The Morgan fingerprint density at radius 1 is 1.04 bits per heavy atom. The van der Waals surface area contributed by atoms with Crippen LogP contribution in [0, 0.1) is 19.7 Å². The number of hydrogen-bond donors (Lipinski definition) is 0. The Kier molecular flexibility index (Phi) is 5.92. The molecule has 0 fully saturated rings. The van der Waals surface area contributed by atoms with E-state index in [0.29, 0.717) is 16.5 Å². The number of aryl methyl sites for hydroxylation is 2. The van der Waals surface area contributed by atoms with E-state index in [1.807, 2.05) is 19.9 Å². The molecular weight excluding hydrogens is 323 g/mol. The molecule has 24 heavy (non-hydrogen) atoms. The Labute approximate surface area is 149 Å². The lowest BCUT2D eigenvalue weighted by Gasteiger charge is -2.21. The van der Waals surface area contributed by atoms with Gasteiger partial charge in [0.15, 0.2) is 0 Å². The van der Waals surface area contributed by atoms with Crippen LogP contribution in [-0.2, 0) is 6.42 Å². The van der Waals surface area contributed by atoms with E-state index in [2.05, 4.69) is 32.9 Å². The van der Waals surface area contributed by atoms with Gasteiger partial charge < -0.3 is 4.74 Å². The molecule has 2 rings (SSSR count). The van der Waals surface area contributed by atoms with Crippen molar-refractivity contribution in [2.45, 2.75) is 52.9 Å². The summed E-state index contributed by atoms with van der Waals surface area (Å²) in [5, 5.41) is 0.570. The summed E-state index contributed by atoms with van der Waals surface area (Å²) in [6.45, 7) is 10.3. The minimum atomic E-state index is -0.219. The van der Waals surface area contributed by atoms with Crippen LogP contribution in [0.1, 0.15) is 60.4 Å². The second-order valence-corrected chi connectivity index (χ2v) is 7.25. The zero-order valence-corrected chi connectivity index (χ0v) is 16.1. The first-order chi connectivity index (χ1) is 11.3. The molecule has 130 valence electrons. The summed E-state index contributed by atoms with van der Waals surface area (Å²) in [7, 11) is 1.68.